The van der Waals surface area contributed by atoms with Crippen LogP contribution in [0.15, 0.2) is 24.3 Å². The first kappa shape index (κ1) is 18.6. The quantitative estimate of drug-likeness (QED) is 0.853. The Labute approximate surface area is 148 Å². The lowest BCUT2D eigenvalue weighted by atomic mass is 9.86. The molecule has 6 heteroatoms. The van der Waals surface area contributed by atoms with Gasteiger partial charge in [0, 0.05) is 24.7 Å². The first-order valence-electron chi connectivity index (χ1n) is 8.12. The summed E-state index contributed by atoms with van der Waals surface area (Å²) in [4.78, 5) is 25.2. The van der Waals surface area contributed by atoms with Crippen LogP contribution in [0.3, 0.4) is 0 Å². The van der Waals surface area contributed by atoms with Crippen LogP contribution in [0, 0.1) is 10.8 Å². The molecule has 1 aromatic carbocycles. The third-order valence-corrected chi connectivity index (χ3v) is 4.80. The molecule has 24 heavy (non-hydrogen) atoms. The van der Waals surface area contributed by atoms with E-state index in [2.05, 4.69) is 19.2 Å². The largest absolute Gasteiger partial charge is 0.481 e. The van der Waals surface area contributed by atoms with Crippen LogP contribution in [0.5, 0.6) is 0 Å². The molecule has 1 atom stereocenters. The summed E-state index contributed by atoms with van der Waals surface area (Å²) in [5, 5.41) is 12.9. The highest BCUT2D eigenvalue weighted by Gasteiger charge is 2.42. The molecule has 1 unspecified atom stereocenters. The van der Waals surface area contributed by atoms with Crippen molar-refractivity contribution in [3.05, 3.63) is 34.9 Å². The third-order valence-electron chi connectivity index (χ3n) is 4.57. The monoisotopic (exact) mass is 352 g/mol. The molecular weight excluding hydrogens is 328 g/mol. The molecule has 132 valence electrons. The Kier molecular flexibility index (Phi) is 5.43. The molecular formula is C18H25ClN2O3. The van der Waals surface area contributed by atoms with Crippen molar-refractivity contribution in [1.82, 2.24) is 10.2 Å². The van der Waals surface area contributed by atoms with E-state index in [4.69, 9.17) is 11.6 Å². The van der Waals surface area contributed by atoms with Crippen molar-refractivity contribution in [3.8, 4) is 0 Å². The number of hydrogen-bond donors (Lipinski definition) is 2. The van der Waals surface area contributed by atoms with E-state index < -0.39 is 11.4 Å². The number of nitrogens with one attached hydrogen (secondary N) is 1. The van der Waals surface area contributed by atoms with Crippen LogP contribution in [0.4, 0.5) is 4.79 Å². The Bertz CT molecular complexity index is 632. The van der Waals surface area contributed by atoms with Crippen LogP contribution in [0.2, 0.25) is 5.02 Å². The van der Waals surface area contributed by atoms with E-state index in [1.807, 2.05) is 24.3 Å². The molecule has 1 heterocycles. The summed E-state index contributed by atoms with van der Waals surface area (Å²) in [6.45, 7) is 7.09. The predicted molar refractivity (Wildman–Crippen MR) is 94.3 cm³/mol. The second kappa shape index (κ2) is 7.01. The summed E-state index contributed by atoms with van der Waals surface area (Å²) in [6, 6.07) is 7.52. The average Bonchev–Trinajstić information content (AvgIpc) is 2.88. The van der Waals surface area contributed by atoms with Crippen molar-refractivity contribution in [1.29, 1.82) is 0 Å². The number of aliphatic carboxylic acids is 1. The molecule has 0 saturated carbocycles. The molecule has 0 aliphatic carbocycles. The molecule has 0 spiro atoms. The summed E-state index contributed by atoms with van der Waals surface area (Å²) < 4.78 is 0. The zero-order valence-electron chi connectivity index (χ0n) is 14.4. The van der Waals surface area contributed by atoms with Gasteiger partial charge in [0.05, 0.1) is 5.41 Å². The fraction of sp³-hybridized carbons (Fsp3) is 0.556. The number of rotatable bonds is 5. The highest BCUT2D eigenvalue weighted by molar-refractivity contribution is 6.30. The van der Waals surface area contributed by atoms with E-state index in [-0.39, 0.29) is 18.0 Å². The lowest BCUT2D eigenvalue weighted by Gasteiger charge is -2.27. The summed E-state index contributed by atoms with van der Waals surface area (Å²) in [5.74, 6) is -0.848. The van der Waals surface area contributed by atoms with Gasteiger partial charge in [0.15, 0.2) is 0 Å². The Morgan fingerprint density at radius 3 is 2.71 bits per heavy atom. The zero-order valence-corrected chi connectivity index (χ0v) is 15.2. The normalized spacial score (nSPS) is 20.9. The van der Waals surface area contributed by atoms with Gasteiger partial charge in [-0.2, -0.15) is 0 Å². The second-order valence-electron chi connectivity index (χ2n) is 7.67. The fourth-order valence-corrected chi connectivity index (χ4v) is 3.21. The Morgan fingerprint density at radius 2 is 2.12 bits per heavy atom. The van der Waals surface area contributed by atoms with Gasteiger partial charge in [-0.15, -0.1) is 0 Å². The molecule has 2 N–H and O–H groups in total. The van der Waals surface area contributed by atoms with Crippen LogP contribution in [0.1, 0.15) is 32.8 Å². The van der Waals surface area contributed by atoms with Crippen molar-refractivity contribution in [3.63, 3.8) is 0 Å². The molecule has 1 aromatic rings. The third kappa shape index (κ3) is 4.63. The number of carboxylic acids is 1. The van der Waals surface area contributed by atoms with E-state index in [1.165, 1.54) is 0 Å². The SMILES string of the molecule is CC(C)(CNC(=O)N1CCC(C)(C(=O)O)C1)Cc1cccc(Cl)c1. The topological polar surface area (TPSA) is 69.6 Å². The molecule has 1 aliphatic rings. The molecule has 1 saturated heterocycles. The predicted octanol–water partition coefficient (Wildman–Crippen LogP) is 3.41. The Balaban J connectivity index is 1.88. The van der Waals surface area contributed by atoms with Crippen molar-refractivity contribution in [2.24, 2.45) is 10.8 Å². The van der Waals surface area contributed by atoms with Crippen molar-refractivity contribution < 1.29 is 14.7 Å². The van der Waals surface area contributed by atoms with Gasteiger partial charge in [0.25, 0.3) is 0 Å². The minimum Gasteiger partial charge on any atom is -0.481 e. The summed E-state index contributed by atoms with van der Waals surface area (Å²) in [6.07, 6.45) is 1.28. The lowest BCUT2D eigenvalue weighted by molar-refractivity contribution is -0.147. The molecule has 0 bridgehead atoms. The van der Waals surface area contributed by atoms with Gasteiger partial charge in [-0.25, -0.2) is 4.79 Å². The van der Waals surface area contributed by atoms with Gasteiger partial charge in [0.1, 0.15) is 0 Å². The number of urea groups is 1. The van der Waals surface area contributed by atoms with Crippen molar-refractivity contribution in [2.75, 3.05) is 19.6 Å². The Hall–Kier alpha value is -1.75. The van der Waals surface area contributed by atoms with Gasteiger partial charge >= 0.3 is 12.0 Å². The molecule has 5 nitrogen and oxygen atoms in total. The van der Waals surface area contributed by atoms with Gasteiger partial charge in [-0.3, -0.25) is 4.79 Å². The smallest absolute Gasteiger partial charge is 0.317 e. The second-order valence-corrected chi connectivity index (χ2v) is 8.10. The molecule has 0 aromatic heterocycles. The van der Waals surface area contributed by atoms with Crippen LogP contribution >= 0.6 is 11.6 Å². The number of nitrogens with zero attached hydrogens (tertiary/aromatic N) is 1. The van der Waals surface area contributed by atoms with E-state index in [1.54, 1.807) is 11.8 Å². The van der Waals surface area contributed by atoms with Crippen LogP contribution < -0.4 is 5.32 Å². The van der Waals surface area contributed by atoms with Gasteiger partial charge < -0.3 is 15.3 Å². The first-order valence-corrected chi connectivity index (χ1v) is 8.50. The van der Waals surface area contributed by atoms with Gasteiger partial charge in [0.2, 0.25) is 0 Å². The standard InChI is InChI=1S/C18H25ClN2O3/c1-17(2,10-13-5-4-6-14(19)9-13)11-20-16(24)21-8-7-18(3,12-21)15(22)23/h4-6,9H,7-8,10-12H2,1-3H3,(H,20,24)(H,22,23). The van der Waals surface area contributed by atoms with Crippen molar-refractivity contribution >= 4 is 23.6 Å². The van der Waals surface area contributed by atoms with E-state index >= 15 is 0 Å². The highest BCUT2D eigenvalue weighted by atomic mass is 35.5. The minimum absolute atomic E-state index is 0.129. The molecule has 1 fully saturated rings. The number of carbonyl (C=O) groups excluding carboxylic acids is 1. The van der Waals surface area contributed by atoms with E-state index in [0.717, 1.165) is 12.0 Å². The van der Waals surface area contributed by atoms with E-state index in [0.29, 0.717) is 24.5 Å². The highest BCUT2D eigenvalue weighted by Crippen LogP contribution is 2.30. The number of amides is 2. The minimum atomic E-state index is -0.848. The Morgan fingerprint density at radius 1 is 1.42 bits per heavy atom. The number of hydrogen-bond acceptors (Lipinski definition) is 2. The van der Waals surface area contributed by atoms with Crippen LogP contribution in [0.25, 0.3) is 0 Å². The van der Waals surface area contributed by atoms with Crippen LogP contribution in [-0.2, 0) is 11.2 Å². The van der Waals surface area contributed by atoms with E-state index in [9.17, 15) is 14.7 Å². The fourth-order valence-electron chi connectivity index (χ4n) is 3.00. The maximum absolute atomic E-state index is 12.3. The number of carbonyl (C=O) groups is 2. The van der Waals surface area contributed by atoms with Crippen molar-refractivity contribution in [2.45, 2.75) is 33.6 Å². The number of carboxylic acid groups (broad SMARTS) is 1. The van der Waals surface area contributed by atoms with Gasteiger partial charge in [-0.1, -0.05) is 37.6 Å². The molecule has 2 rings (SSSR count). The number of benzene rings is 1. The number of likely N-dealkylation sites (tertiary alicyclic amines) is 1. The zero-order chi connectivity index (χ0) is 18.0. The first-order chi connectivity index (χ1) is 11.1. The molecule has 1 aliphatic heterocycles. The number of halogens is 1. The van der Waals surface area contributed by atoms with Crippen LogP contribution in [-0.4, -0.2) is 41.6 Å². The summed E-state index contributed by atoms with van der Waals surface area (Å²) >= 11 is 6.02. The molecule has 0 radical (unpaired) electrons. The summed E-state index contributed by atoms with van der Waals surface area (Å²) in [5.41, 5.74) is 0.158. The maximum atomic E-state index is 12.3. The average molecular weight is 353 g/mol. The van der Waals surface area contributed by atoms with Gasteiger partial charge in [-0.05, 0) is 42.9 Å². The molecule has 2 amide bonds. The summed E-state index contributed by atoms with van der Waals surface area (Å²) in [7, 11) is 0. The maximum Gasteiger partial charge on any atom is 0.317 e. The lowest BCUT2D eigenvalue weighted by Crippen LogP contribution is -2.44.